The molecular formula is C24H18N4O. The number of para-hydroxylation sites is 1. The van der Waals surface area contributed by atoms with Crippen molar-refractivity contribution in [2.75, 3.05) is 5.32 Å². The Labute approximate surface area is 167 Å². The number of phenols is 1. The Balaban J connectivity index is 1.65. The number of rotatable bonds is 4. The fourth-order valence-electron chi connectivity index (χ4n) is 3.47. The van der Waals surface area contributed by atoms with Crippen LogP contribution >= 0.6 is 0 Å². The van der Waals surface area contributed by atoms with Crippen LogP contribution in [0.3, 0.4) is 0 Å². The van der Waals surface area contributed by atoms with Crippen LogP contribution in [0.5, 0.6) is 5.75 Å². The van der Waals surface area contributed by atoms with Crippen LogP contribution in [-0.4, -0.2) is 19.7 Å². The SMILES string of the molecule is Oc1cccc(-c2cnn3ccc(Nc4ccccc4)nc23)c1-c1ccccc1. The van der Waals surface area contributed by atoms with Gasteiger partial charge in [0.1, 0.15) is 11.6 Å². The average molecular weight is 378 g/mol. The Bertz CT molecular complexity index is 1280. The van der Waals surface area contributed by atoms with E-state index in [1.165, 1.54) is 0 Å². The zero-order chi connectivity index (χ0) is 19.6. The van der Waals surface area contributed by atoms with E-state index in [0.717, 1.165) is 33.8 Å². The molecule has 0 radical (unpaired) electrons. The third-order valence-electron chi connectivity index (χ3n) is 4.81. The van der Waals surface area contributed by atoms with Crippen LogP contribution in [-0.2, 0) is 0 Å². The molecule has 3 aromatic carbocycles. The average Bonchev–Trinajstić information content (AvgIpc) is 3.18. The van der Waals surface area contributed by atoms with Crippen LogP contribution in [0.25, 0.3) is 27.9 Å². The largest absolute Gasteiger partial charge is 0.507 e. The summed E-state index contributed by atoms with van der Waals surface area (Å²) >= 11 is 0. The Morgan fingerprint density at radius 1 is 0.759 bits per heavy atom. The highest BCUT2D eigenvalue weighted by Crippen LogP contribution is 2.39. The molecule has 0 atom stereocenters. The smallest absolute Gasteiger partial charge is 0.165 e. The highest BCUT2D eigenvalue weighted by atomic mass is 16.3. The number of fused-ring (bicyclic) bond motifs is 1. The molecule has 0 amide bonds. The maximum Gasteiger partial charge on any atom is 0.165 e. The first-order valence-corrected chi connectivity index (χ1v) is 9.34. The summed E-state index contributed by atoms with van der Waals surface area (Å²) in [6.07, 6.45) is 3.66. The lowest BCUT2D eigenvalue weighted by molar-refractivity contribution is 0.477. The van der Waals surface area contributed by atoms with Crippen LogP contribution in [0.2, 0.25) is 0 Å². The van der Waals surface area contributed by atoms with Gasteiger partial charge >= 0.3 is 0 Å². The second kappa shape index (κ2) is 7.13. The van der Waals surface area contributed by atoms with Gasteiger partial charge in [0.2, 0.25) is 0 Å². The van der Waals surface area contributed by atoms with Gasteiger partial charge in [-0.15, -0.1) is 0 Å². The van der Waals surface area contributed by atoms with Crippen molar-refractivity contribution in [3.05, 3.63) is 97.3 Å². The molecule has 0 saturated carbocycles. The molecule has 0 aliphatic carbocycles. The first kappa shape index (κ1) is 17.0. The third-order valence-corrected chi connectivity index (χ3v) is 4.81. The summed E-state index contributed by atoms with van der Waals surface area (Å²) < 4.78 is 1.74. The molecule has 0 aliphatic rings. The lowest BCUT2D eigenvalue weighted by Gasteiger charge is -2.11. The number of phenolic OH excluding ortho intramolecular Hbond substituents is 1. The Morgan fingerprint density at radius 3 is 2.31 bits per heavy atom. The number of aromatic hydroxyl groups is 1. The minimum atomic E-state index is 0.228. The number of hydrogen-bond donors (Lipinski definition) is 2. The van der Waals surface area contributed by atoms with Crippen LogP contribution in [0, 0.1) is 0 Å². The first-order chi connectivity index (χ1) is 14.3. The van der Waals surface area contributed by atoms with E-state index in [1.54, 1.807) is 16.8 Å². The van der Waals surface area contributed by atoms with Gasteiger partial charge in [0.25, 0.3) is 0 Å². The Kier molecular flexibility index (Phi) is 4.18. The van der Waals surface area contributed by atoms with Gasteiger partial charge < -0.3 is 10.4 Å². The molecule has 0 aliphatic heterocycles. The second-order valence-electron chi connectivity index (χ2n) is 6.70. The third kappa shape index (κ3) is 3.19. The lowest BCUT2D eigenvalue weighted by Crippen LogP contribution is -1.97. The van der Waals surface area contributed by atoms with Gasteiger partial charge in [0, 0.05) is 23.0 Å². The van der Waals surface area contributed by atoms with Crippen LogP contribution < -0.4 is 5.32 Å². The van der Waals surface area contributed by atoms with Crippen molar-refractivity contribution >= 4 is 17.2 Å². The van der Waals surface area contributed by atoms with E-state index in [2.05, 4.69) is 10.4 Å². The van der Waals surface area contributed by atoms with E-state index in [4.69, 9.17) is 4.98 Å². The van der Waals surface area contributed by atoms with E-state index in [1.807, 2.05) is 85.1 Å². The molecule has 2 N–H and O–H groups in total. The summed E-state index contributed by atoms with van der Waals surface area (Å²) in [7, 11) is 0. The standard InChI is InChI=1S/C24H18N4O/c29-21-13-7-12-19(23(21)17-8-3-1-4-9-17)20-16-25-28-15-14-22(27-24(20)28)26-18-10-5-2-6-11-18/h1-16,29H,(H,26,27). The van der Waals surface area contributed by atoms with Gasteiger partial charge in [-0.3, -0.25) is 0 Å². The second-order valence-corrected chi connectivity index (χ2v) is 6.70. The predicted octanol–water partition coefficient (Wildman–Crippen LogP) is 5.51. The maximum atomic E-state index is 10.6. The zero-order valence-electron chi connectivity index (χ0n) is 15.5. The number of hydrogen-bond acceptors (Lipinski definition) is 4. The molecule has 5 nitrogen and oxygen atoms in total. The molecule has 0 bridgehead atoms. The van der Waals surface area contributed by atoms with Gasteiger partial charge in [-0.25, -0.2) is 9.50 Å². The summed E-state index contributed by atoms with van der Waals surface area (Å²) in [4.78, 5) is 4.78. The highest BCUT2D eigenvalue weighted by Gasteiger charge is 2.16. The van der Waals surface area contributed by atoms with E-state index < -0.39 is 0 Å². The number of nitrogens with one attached hydrogen (secondary N) is 1. The van der Waals surface area contributed by atoms with Gasteiger partial charge in [-0.2, -0.15) is 5.10 Å². The summed E-state index contributed by atoms with van der Waals surface area (Å²) in [6, 6.07) is 27.2. The van der Waals surface area contributed by atoms with E-state index in [9.17, 15) is 5.11 Å². The van der Waals surface area contributed by atoms with Crippen molar-refractivity contribution in [2.45, 2.75) is 0 Å². The molecule has 0 spiro atoms. The molecular weight excluding hydrogens is 360 g/mol. The molecule has 0 saturated heterocycles. The van der Waals surface area contributed by atoms with E-state index >= 15 is 0 Å². The van der Waals surface area contributed by atoms with Crippen molar-refractivity contribution in [1.29, 1.82) is 0 Å². The first-order valence-electron chi connectivity index (χ1n) is 9.34. The lowest BCUT2D eigenvalue weighted by atomic mass is 9.95. The fraction of sp³-hybridized carbons (Fsp3) is 0. The van der Waals surface area contributed by atoms with Crippen LogP contribution in [0.1, 0.15) is 0 Å². The van der Waals surface area contributed by atoms with Crippen molar-refractivity contribution in [2.24, 2.45) is 0 Å². The quantitative estimate of drug-likeness (QED) is 0.433. The van der Waals surface area contributed by atoms with Gasteiger partial charge in [0.15, 0.2) is 5.65 Å². The molecule has 140 valence electrons. The molecule has 2 heterocycles. The number of aromatic nitrogens is 3. The van der Waals surface area contributed by atoms with Crippen molar-refractivity contribution in [3.63, 3.8) is 0 Å². The zero-order valence-corrected chi connectivity index (χ0v) is 15.5. The number of benzene rings is 3. The summed E-state index contributed by atoms with van der Waals surface area (Å²) in [5.74, 6) is 0.957. The molecule has 2 aromatic heterocycles. The normalized spacial score (nSPS) is 10.9. The highest BCUT2D eigenvalue weighted by molar-refractivity contribution is 5.92. The molecule has 0 fully saturated rings. The number of anilines is 2. The summed E-state index contributed by atoms with van der Waals surface area (Å²) in [6.45, 7) is 0. The monoisotopic (exact) mass is 378 g/mol. The van der Waals surface area contributed by atoms with Crippen LogP contribution in [0.4, 0.5) is 11.5 Å². The molecule has 29 heavy (non-hydrogen) atoms. The molecule has 5 aromatic rings. The van der Waals surface area contributed by atoms with Gasteiger partial charge in [0.05, 0.1) is 6.20 Å². The minimum absolute atomic E-state index is 0.228. The maximum absolute atomic E-state index is 10.6. The summed E-state index contributed by atoms with van der Waals surface area (Å²) in [5, 5.41) is 18.4. The fourth-order valence-corrected chi connectivity index (χ4v) is 3.47. The molecule has 0 unspecified atom stereocenters. The molecule has 5 rings (SSSR count). The van der Waals surface area contributed by atoms with Gasteiger partial charge in [-0.1, -0.05) is 60.7 Å². The summed E-state index contributed by atoms with van der Waals surface area (Å²) in [5.41, 5.74) is 5.14. The van der Waals surface area contributed by atoms with E-state index in [-0.39, 0.29) is 5.75 Å². The number of nitrogens with zero attached hydrogens (tertiary/aromatic N) is 3. The predicted molar refractivity (Wildman–Crippen MR) is 115 cm³/mol. The van der Waals surface area contributed by atoms with Crippen LogP contribution in [0.15, 0.2) is 97.3 Å². The Hall–Kier alpha value is -4.12. The van der Waals surface area contributed by atoms with Crippen molar-refractivity contribution in [1.82, 2.24) is 14.6 Å². The minimum Gasteiger partial charge on any atom is -0.507 e. The van der Waals surface area contributed by atoms with Gasteiger partial charge in [-0.05, 0) is 35.4 Å². The van der Waals surface area contributed by atoms with E-state index in [0.29, 0.717) is 5.65 Å². The topological polar surface area (TPSA) is 62.5 Å². The molecule has 5 heteroatoms. The Morgan fingerprint density at radius 2 is 1.52 bits per heavy atom. The van der Waals surface area contributed by atoms with Crippen molar-refractivity contribution in [3.8, 4) is 28.0 Å². The van der Waals surface area contributed by atoms with Crippen molar-refractivity contribution < 1.29 is 5.11 Å².